The minimum absolute atomic E-state index is 0.000496. The van der Waals surface area contributed by atoms with E-state index in [1.165, 1.54) is 18.2 Å². The van der Waals surface area contributed by atoms with Crippen LogP contribution in [0.25, 0.3) is 0 Å². The van der Waals surface area contributed by atoms with Gasteiger partial charge < -0.3 is 10.1 Å². The summed E-state index contributed by atoms with van der Waals surface area (Å²) < 4.78 is 19.2. The van der Waals surface area contributed by atoms with Crippen molar-refractivity contribution in [3.63, 3.8) is 0 Å². The molecule has 0 aliphatic carbocycles. The van der Waals surface area contributed by atoms with Crippen LogP contribution >= 0.6 is 11.6 Å². The van der Waals surface area contributed by atoms with E-state index in [9.17, 15) is 9.18 Å². The Morgan fingerprint density at radius 2 is 2.05 bits per heavy atom. The molecule has 108 valence electrons. The first-order valence-electron chi connectivity index (χ1n) is 6.61. The van der Waals surface area contributed by atoms with Gasteiger partial charge in [-0.1, -0.05) is 17.7 Å². The second-order valence-electron chi connectivity index (χ2n) is 4.89. The minimum atomic E-state index is -0.356. The number of hydrogen-bond acceptors (Lipinski definition) is 2. The molecule has 1 amide bonds. The first-order valence-corrected chi connectivity index (χ1v) is 6.99. The largest absolute Gasteiger partial charge is 0.489 e. The lowest BCUT2D eigenvalue weighted by molar-refractivity contribution is -0.116. The highest BCUT2D eigenvalue weighted by Gasteiger charge is 2.15. The molecule has 0 fully saturated rings. The summed E-state index contributed by atoms with van der Waals surface area (Å²) in [6.07, 6.45) is 1.23. The molecule has 0 radical (unpaired) electrons. The predicted octanol–water partition coefficient (Wildman–Crippen LogP) is 3.94. The zero-order chi connectivity index (χ0) is 14.8. The average Bonchev–Trinajstić information content (AvgIpc) is 2.47. The molecule has 2 aromatic carbocycles. The fourth-order valence-corrected chi connectivity index (χ4v) is 2.45. The molecule has 0 saturated heterocycles. The Labute approximate surface area is 126 Å². The van der Waals surface area contributed by atoms with E-state index in [2.05, 4.69) is 5.32 Å². The third-order valence-electron chi connectivity index (χ3n) is 3.38. The summed E-state index contributed by atoms with van der Waals surface area (Å²) in [6.45, 7) is 0.0825. The molecule has 0 unspecified atom stereocenters. The number of anilines is 1. The SMILES string of the molecule is O=C1CCc2ccc(OCc3cc(Cl)ccc3F)cc2N1. The summed E-state index contributed by atoms with van der Waals surface area (Å²) in [6, 6.07) is 9.84. The first-order chi connectivity index (χ1) is 10.1. The lowest BCUT2D eigenvalue weighted by atomic mass is 10.0. The number of aryl methyl sites for hydroxylation is 1. The number of fused-ring (bicyclic) bond motifs is 1. The van der Waals surface area contributed by atoms with Crippen LogP contribution in [0.2, 0.25) is 5.02 Å². The van der Waals surface area contributed by atoms with E-state index in [1.54, 1.807) is 6.07 Å². The lowest BCUT2D eigenvalue weighted by Crippen LogP contribution is -2.18. The van der Waals surface area contributed by atoms with Crippen LogP contribution in [0.15, 0.2) is 36.4 Å². The number of nitrogens with one attached hydrogen (secondary N) is 1. The van der Waals surface area contributed by atoms with Crippen molar-refractivity contribution in [2.75, 3.05) is 5.32 Å². The second-order valence-corrected chi connectivity index (χ2v) is 5.33. The second kappa shape index (κ2) is 5.74. The number of carbonyl (C=O) groups excluding carboxylic acids is 1. The maximum atomic E-state index is 13.6. The van der Waals surface area contributed by atoms with Gasteiger partial charge in [0.05, 0.1) is 0 Å². The summed E-state index contributed by atoms with van der Waals surface area (Å²) in [4.78, 5) is 11.4. The zero-order valence-electron chi connectivity index (χ0n) is 11.2. The number of halogens is 2. The van der Waals surface area contributed by atoms with Crippen LogP contribution in [0.1, 0.15) is 17.5 Å². The Morgan fingerprint density at radius 3 is 2.90 bits per heavy atom. The van der Waals surface area contributed by atoms with E-state index in [0.29, 0.717) is 22.8 Å². The van der Waals surface area contributed by atoms with Crippen LogP contribution < -0.4 is 10.1 Å². The Morgan fingerprint density at radius 1 is 1.19 bits per heavy atom. The molecular formula is C16H13ClFNO2. The van der Waals surface area contributed by atoms with Gasteiger partial charge in [0.2, 0.25) is 5.91 Å². The van der Waals surface area contributed by atoms with Crippen molar-refractivity contribution in [1.82, 2.24) is 0 Å². The van der Waals surface area contributed by atoms with Gasteiger partial charge in [-0.15, -0.1) is 0 Å². The van der Waals surface area contributed by atoms with Crippen molar-refractivity contribution >= 4 is 23.2 Å². The Balaban J connectivity index is 1.75. The van der Waals surface area contributed by atoms with Gasteiger partial charge in [0.15, 0.2) is 0 Å². The fraction of sp³-hybridized carbons (Fsp3) is 0.188. The molecule has 5 heteroatoms. The number of hydrogen-bond donors (Lipinski definition) is 1. The highest BCUT2D eigenvalue weighted by atomic mass is 35.5. The van der Waals surface area contributed by atoms with E-state index in [1.807, 2.05) is 12.1 Å². The topological polar surface area (TPSA) is 38.3 Å². The first kappa shape index (κ1) is 13.9. The zero-order valence-corrected chi connectivity index (χ0v) is 11.9. The molecular weight excluding hydrogens is 293 g/mol. The monoisotopic (exact) mass is 305 g/mol. The van der Waals surface area contributed by atoms with E-state index in [-0.39, 0.29) is 18.3 Å². The van der Waals surface area contributed by atoms with Crippen LogP contribution in [0.5, 0.6) is 5.75 Å². The van der Waals surface area contributed by atoms with Gasteiger partial charge in [-0.05, 0) is 36.2 Å². The van der Waals surface area contributed by atoms with E-state index >= 15 is 0 Å². The summed E-state index contributed by atoms with van der Waals surface area (Å²) in [7, 11) is 0. The van der Waals surface area contributed by atoms with E-state index in [0.717, 1.165) is 17.7 Å². The molecule has 0 bridgehead atoms. The molecule has 3 rings (SSSR count). The Kier molecular flexibility index (Phi) is 3.80. The smallest absolute Gasteiger partial charge is 0.224 e. The number of amides is 1. The molecule has 1 heterocycles. The molecule has 21 heavy (non-hydrogen) atoms. The quantitative estimate of drug-likeness (QED) is 0.932. The fourth-order valence-electron chi connectivity index (χ4n) is 2.26. The van der Waals surface area contributed by atoms with Gasteiger partial charge in [-0.2, -0.15) is 0 Å². The molecule has 3 nitrogen and oxygen atoms in total. The predicted molar refractivity (Wildman–Crippen MR) is 79.1 cm³/mol. The van der Waals surface area contributed by atoms with Crippen molar-refractivity contribution in [3.8, 4) is 5.75 Å². The molecule has 1 aliphatic heterocycles. The van der Waals surface area contributed by atoms with Crippen molar-refractivity contribution in [3.05, 3.63) is 58.4 Å². The number of benzene rings is 2. The molecule has 0 saturated carbocycles. The lowest BCUT2D eigenvalue weighted by Gasteiger charge is -2.17. The molecule has 1 aliphatic rings. The molecule has 0 atom stereocenters. The normalized spacial score (nSPS) is 13.5. The molecule has 0 aromatic heterocycles. The minimum Gasteiger partial charge on any atom is -0.489 e. The molecule has 1 N–H and O–H groups in total. The van der Waals surface area contributed by atoms with Crippen LogP contribution in [-0.4, -0.2) is 5.91 Å². The highest BCUT2D eigenvalue weighted by molar-refractivity contribution is 6.30. The van der Waals surface area contributed by atoms with Gasteiger partial charge >= 0.3 is 0 Å². The number of rotatable bonds is 3. The van der Waals surface area contributed by atoms with Crippen LogP contribution in [-0.2, 0) is 17.8 Å². The van der Waals surface area contributed by atoms with Crippen molar-refractivity contribution in [1.29, 1.82) is 0 Å². The third kappa shape index (κ3) is 3.16. The van der Waals surface area contributed by atoms with Crippen LogP contribution in [0.4, 0.5) is 10.1 Å². The van der Waals surface area contributed by atoms with Gasteiger partial charge in [0.1, 0.15) is 18.2 Å². The van der Waals surface area contributed by atoms with Gasteiger partial charge in [-0.3, -0.25) is 4.79 Å². The Bertz CT molecular complexity index is 703. The molecule has 0 spiro atoms. The summed E-state index contributed by atoms with van der Waals surface area (Å²) in [5.41, 5.74) is 2.23. The molecule has 2 aromatic rings. The van der Waals surface area contributed by atoms with Crippen LogP contribution in [0, 0.1) is 5.82 Å². The van der Waals surface area contributed by atoms with Crippen molar-refractivity contribution < 1.29 is 13.9 Å². The number of ether oxygens (including phenoxy) is 1. The number of carbonyl (C=O) groups is 1. The Hall–Kier alpha value is -2.07. The summed E-state index contributed by atoms with van der Waals surface area (Å²) >= 11 is 5.84. The average molecular weight is 306 g/mol. The van der Waals surface area contributed by atoms with Gasteiger partial charge in [0, 0.05) is 28.8 Å². The van der Waals surface area contributed by atoms with Crippen molar-refractivity contribution in [2.45, 2.75) is 19.4 Å². The third-order valence-corrected chi connectivity index (χ3v) is 3.61. The maximum absolute atomic E-state index is 13.6. The van der Waals surface area contributed by atoms with E-state index in [4.69, 9.17) is 16.3 Å². The summed E-state index contributed by atoms with van der Waals surface area (Å²) in [5, 5.41) is 3.27. The van der Waals surface area contributed by atoms with E-state index < -0.39 is 0 Å². The maximum Gasteiger partial charge on any atom is 0.224 e. The van der Waals surface area contributed by atoms with Gasteiger partial charge in [-0.25, -0.2) is 4.39 Å². The highest BCUT2D eigenvalue weighted by Crippen LogP contribution is 2.28. The van der Waals surface area contributed by atoms with Crippen molar-refractivity contribution in [2.24, 2.45) is 0 Å². The standard InChI is InChI=1S/C16H13ClFNO2/c17-12-3-5-14(18)11(7-12)9-21-13-4-1-10-2-6-16(20)19-15(10)8-13/h1,3-5,7-8H,2,6,9H2,(H,19,20). The summed E-state index contributed by atoms with van der Waals surface area (Å²) in [5.74, 6) is 0.224. The van der Waals surface area contributed by atoms with Gasteiger partial charge in [0.25, 0.3) is 0 Å². The van der Waals surface area contributed by atoms with Crippen LogP contribution in [0.3, 0.4) is 0 Å².